The maximum Gasteiger partial charge on any atom is 4.00 e. The zero-order valence-electron chi connectivity index (χ0n) is 29.5. The van der Waals surface area contributed by atoms with E-state index in [1.54, 1.807) is 12.1 Å². The van der Waals surface area contributed by atoms with E-state index in [9.17, 15) is 38.9 Å². The first-order valence-electron chi connectivity index (χ1n) is 15.2. The van der Waals surface area contributed by atoms with Crippen molar-refractivity contribution in [1.82, 2.24) is 0 Å². The largest absolute Gasteiger partial charge is 4.00 e. The first-order chi connectivity index (χ1) is 19.4. The molecule has 0 aliphatic heterocycles. The topological polar surface area (TPSA) is 167 Å². The van der Waals surface area contributed by atoms with Crippen molar-refractivity contribution in [2.75, 3.05) is 0 Å². The van der Waals surface area contributed by atoms with Gasteiger partial charge in [-0.2, -0.15) is 0 Å². The Morgan fingerprint density at radius 1 is 0.556 bits per heavy atom. The summed E-state index contributed by atoms with van der Waals surface area (Å²) in [6.07, 6.45) is 0.116. The van der Waals surface area contributed by atoms with Gasteiger partial charge in [-0.3, -0.25) is 0 Å². The van der Waals surface area contributed by atoms with Gasteiger partial charge in [-0.15, -0.1) is 0 Å². The Kier molecular flexibility index (Phi) is 14.6. The van der Waals surface area contributed by atoms with Crippen molar-refractivity contribution in [3.63, 3.8) is 0 Å². The third-order valence-electron chi connectivity index (χ3n) is 7.55. The first-order valence-corrected chi connectivity index (χ1v) is 18.6. The van der Waals surface area contributed by atoms with Crippen molar-refractivity contribution in [2.24, 2.45) is 0 Å². The molecule has 0 amide bonds. The minimum Gasteiger partial charge on any atom is -0.810 e. The number of aromatic hydroxyl groups is 2. The fraction of sp³-hybridized carbons (Fsp3) is 0.647. The number of rotatable bonds is 6. The Hall–Kier alpha value is -1.17. The zero-order chi connectivity index (χ0) is 35.0. The van der Waals surface area contributed by atoms with E-state index in [0.29, 0.717) is 35.1 Å². The Bertz CT molecular complexity index is 1320. The van der Waals surface area contributed by atoms with Crippen molar-refractivity contribution in [3.8, 4) is 11.5 Å². The van der Waals surface area contributed by atoms with Crippen LogP contribution in [0.5, 0.6) is 11.5 Å². The molecular weight excluding hydrogens is 657 g/mol. The SMILES string of the molecule is CCc1c(CP(=O)([O-])[O-])cc(C(C)(C)C)c(O)c1C(C)(C)C.CCc1c(CP(=O)([O-])[O-])cc(C(C)(C)C)c(O)c1C(C)(C)C.[Ni+4]. The molecule has 0 aliphatic carbocycles. The molecule has 0 radical (unpaired) electrons. The zero-order valence-corrected chi connectivity index (χ0v) is 32.3. The Labute approximate surface area is 281 Å². The monoisotopic (exact) mass is 710 g/mol. The molecule has 2 aromatic carbocycles. The molecule has 0 bridgehead atoms. The average molecular weight is 711 g/mol. The molecule has 8 nitrogen and oxygen atoms in total. The molecule has 0 heterocycles. The van der Waals surface area contributed by atoms with Gasteiger partial charge in [-0.25, -0.2) is 0 Å². The van der Waals surface area contributed by atoms with Crippen LogP contribution in [0.2, 0.25) is 0 Å². The predicted octanol–water partition coefficient (Wildman–Crippen LogP) is 5.92. The van der Waals surface area contributed by atoms with E-state index in [-0.39, 0.29) is 49.7 Å². The number of benzene rings is 2. The Balaban J connectivity index is 0.000000842. The molecular formula is C34H54NiO8P2. The van der Waals surface area contributed by atoms with Crippen molar-refractivity contribution in [1.29, 1.82) is 0 Å². The summed E-state index contributed by atoms with van der Waals surface area (Å²) in [5.74, 6) is 0.430. The fourth-order valence-electron chi connectivity index (χ4n) is 5.80. The molecule has 0 saturated heterocycles. The van der Waals surface area contributed by atoms with Gasteiger partial charge in [0.05, 0.1) is 0 Å². The van der Waals surface area contributed by atoms with Gasteiger partial charge in [0.2, 0.25) is 0 Å². The van der Waals surface area contributed by atoms with Crippen LogP contribution in [0.1, 0.15) is 141 Å². The van der Waals surface area contributed by atoms with Crippen LogP contribution >= 0.6 is 15.2 Å². The first kappa shape index (κ1) is 43.8. The van der Waals surface area contributed by atoms with Crippen molar-refractivity contribution < 1.29 is 55.4 Å². The summed E-state index contributed by atoms with van der Waals surface area (Å²) in [6, 6.07) is 3.37. The van der Waals surface area contributed by atoms with E-state index in [1.807, 2.05) is 96.9 Å². The molecule has 45 heavy (non-hydrogen) atoms. The van der Waals surface area contributed by atoms with Crippen molar-refractivity contribution >= 4 is 15.2 Å². The van der Waals surface area contributed by atoms with Crippen LogP contribution in [0.3, 0.4) is 0 Å². The third kappa shape index (κ3) is 12.1. The minimum absolute atomic E-state index is 0. The number of phenols is 2. The van der Waals surface area contributed by atoms with Crippen LogP contribution in [-0.2, 0) is 72.4 Å². The van der Waals surface area contributed by atoms with Crippen molar-refractivity contribution in [3.05, 3.63) is 56.6 Å². The summed E-state index contributed by atoms with van der Waals surface area (Å²) in [4.78, 5) is 45.1. The van der Waals surface area contributed by atoms with Gasteiger partial charge in [-0.1, -0.05) is 124 Å². The normalized spacial score (nSPS) is 13.2. The molecule has 2 N–H and O–H groups in total. The second kappa shape index (κ2) is 14.9. The van der Waals surface area contributed by atoms with Gasteiger partial charge in [0.1, 0.15) is 11.5 Å². The van der Waals surface area contributed by atoms with Crippen LogP contribution in [0.25, 0.3) is 0 Å². The summed E-state index contributed by atoms with van der Waals surface area (Å²) in [7, 11) is -9.34. The minimum atomic E-state index is -4.67. The van der Waals surface area contributed by atoms with E-state index in [2.05, 4.69) is 0 Å². The van der Waals surface area contributed by atoms with E-state index >= 15 is 0 Å². The maximum atomic E-state index is 11.3. The number of phenolic OH excluding ortho intramolecular Hbond substituents is 2. The molecule has 0 spiro atoms. The quantitative estimate of drug-likeness (QED) is 0.275. The Morgan fingerprint density at radius 2 is 0.800 bits per heavy atom. The molecule has 2 rings (SSSR count). The van der Waals surface area contributed by atoms with E-state index in [0.717, 1.165) is 22.3 Å². The van der Waals surface area contributed by atoms with Crippen molar-refractivity contribution in [2.45, 2.75) is 144 Å². The molecule has 11 heteroatoms. The molecule has 258 valence electrons. The summed E-state index contributed by atoms with van der Waals surface area (Å²) >= 11 is 0. The van der Waals surface area contributed by atoms with Crippen LogP contribution in [-0.4, -0.2) is 10.2 Å². The Morgan fingerprint density at radius 3 is 0.956 bits per heavy atom. The smallest absolute Gasteiger partial charge is 0.810 e. The second-order valence-corrected chi connectivity index (χ2v) is 18.9. The fourth-order valence-corrected chi connectivity index (χ4v) is 7.20. The summed E-state index contributed by atoms with van der Waals surface area (Å²) in [5.41, 5.74) is 4.03. The van der Waals surface area contributed by atoms with E-state index in [4.69, 9.17) is 0 Å². The van der Waals surface area contributed by atoms with Gasteiger partial charge in [-0.05, 0) is 67.9 Å². The molecule has 0 unspecified atom stereocenters. The summed E-state index contributed by atoms with van der Waals surface area (Å²) in [6.45, 7) is 27.4. The predicted molar refractivity (Wildman–Crippen MR) is 172 cm³/mol. The van der Waals surface area contributed by atoms with Gasteiger partial charge < -0.3 is 38.9 Å². The van der Waals surface area contributed by atoms with Crippen LogP contribution in [0, 0.1) is 0 Å². The van der Waals surface area contributed by atoms with Gasteiger partial charge in [0.25, 0.3) is 0 Å². The molecule has 2 aromatic rings. The molecule has 0 atom stereocenters. The van der Waals surface area contributed by atoms with Crippen LogP contribution < -0.4 is 19.6 Å². The second-order valence-electron chi connectivity index (χ2n) is 15.8. The van der Waals surface area contributed by atoms with E-state index in [1.165, 1.54) is 0 Å². The van der Waals surface area contributed by atoms with Gasteiger partial charge >= 0.3 is 16.5 Å². The number of hydrogen-bond acceptors (Lipinski definition) is 8. The van der Waals surface area contributed by atoms with Crippen LogP contribution in [0.15, 0.2) is 12.1 Å². The number of hydrogen-bond donors (Lipinski definition) is 2. The summed E-state index contributed by atoms with van der Waals surface area (Å²) in [5, 5.41) is 21.5. The standard InChI is InChI=1S/2C17H29O4P.Ni/c2*1-8-12-11(10-22(19,20)21)9-13(16(2,3)4)15(18)14(12)17(5,6)7;/h2*9,18H,8,10H2,1-7H3,(H2,19,20,21);/q;;+4/p-4. The third-order valence-corrected chi connectivity index (χ3v) is 9.01. The van der Waals surface area contributed by atoms with Crippen LogP contribution in [0.4, 0.5) is 0 Å². The molecule has 0 aliphatic rings. The maximum absolute atomic E-state index is 11.3. The van der Waals surface area contributed by atoms with E-state index < -0.39 is 27.5 Å². The summed E-state index contributed by atoms with van der Waals surface area (Å²) < 4.78 is 22.6. The molecule has 0 fully saturated rings. The van der Waals surface area contributed by atoms with Gasteiger partial charge in [0.15, 0.2) is 0 Å². The van der Waals surface area contributed by atoms with Gasteiger partial charge in [0, 0.05) is 23.5 Å². The molecule has 0 saturated carbocycles. The molecule has 0 aromatic heterocycles. The average Bonchev–Trinajstić information content (AvgIpc) is 2.75.